The van der Waals surface area contributed by atoms with Crippen molar-refractivity contribution < 1.29 is 14.3 Å². The minimum absolute atomic E-state index is 0.104. The first-order chi connectivity index (χ1) is 15.3. The van der Waals surface area contributed by atoms with Crippen LogP contribution in [0.5, 0.6) is 11.5 Å². The van der Waals surface area contributed by atoms with Gasteiger partial charge in [0.25, 0.3) is 0 Å². The Labute approximate surface area is 193 Å². The summed E-state index contributed by atoms with van der Waals surface area (Å²) in [5, 5.41) is 12.3. The summed E-state index contributed by atoms with van der Waals surface area (Å²) in [4.78, 5) is 12.7. The van der Waals surface area contributed by atoms with Gasteiger partial charge in [0.1, 0.15) is 0 Å². The number of carbonyl (C=O) groups excluding carboxylic acids is 1. The van der Waals surface area contributed by atoms with E-state index in [0.717, 1.165) is 22.7 Å². The van der Waals surface area contributed by atoms with Crippen molar-refractivity contribution >= 4 is 23.2 Å². The minimum Gasteiger partial charge on any atom is -0.490 e. The average molecular weight is 460 g/mol. The number of carbonyl (C=O) groups is 1. The number of hydrogen-bond acceptors (Lipinski definition) is 5. The Balaban J connectivity index is 1.62. The average Bonchev–Trinajstić information content (AvgIpc) is 3.29. The van der Waals surface area contributed by atoms with Gasteiger partial charge in [-0.25, -0.2) is 0 Å². The third kappa shape index (κ3) is 5.62. The van der Waals surface area contributed by atoms with Gasteiger partial charge in [-0.1, -0.05) is 24.6 Å². The number of aryl methyl sites for hydroxylation is 1. The summed E-state index contributed by atoms with van der Waals surface area (Å²) in [6.45, 7) is 11.6. The fourth-order valence-corrected chi connectivity index (χ4v) is 3.49. The van der Waals surface area contributed by atoms with Crippen LogP contribution in [0.25, 0.3) is 0 Å². The van der Waals surface area contributed by atoms with Crippen molar-refractivity contribution in [2.75, 3.05) is 18.5 Å². The number of aromatic nitrogens is 4. The second-order valence-corrected chi connectivity index (χ2v) is 8.01. The summed E-state index contributed by atoms with van der Waals surface area (Å²) in [5.74, 6) is 1.05. The van der Waals surface area contributed by atoms with E-state index in [1.165, 1.54) is 0 Å². The van der Waals surface area contributed by atoms with Gasteiger partial charge in [-0.05, 0) is 45.4 Å². The fourth-order valence-electron chi connectivity index (χ4n) is 3.36. The smallest absolute Gasteiger partial charge is 0.229 e. The van der Waals surface area contributed by atoms with Gasteiger partial charge < -0.3 is 14.8 Å². The molecule has 0 bridgehead atoms. The molecular weight excluding hydrogens is 430 g/mol. The van der Waals surface area contributed by atoms with Crippen LogP contribution in [0, 0.1) is 19.8 Å². The molecule has 0 saturated heterocycles. The molecule has 1 aromatic carbocycles. The van der Waals surface area contributed by atoms with Gasteiger partial charge in [0.15, 0.2) is 11.5 Å². The van der Waals surface area contributed by atoms with Gasteiger partial charge in [-0.15, -0.1) is 0 Å². The van der Waals surface area contributed by atoms with Gasteiger partial charge >= 0.3 is 0 Å². The van der Waals surface area contributed by atoms with E-state index < -0.39 is 0 Å². The zero-order valence-electron chi connectivity index (χ0n) is 19.2. The van der Waals surface area contributed by atoms with Crippen molar-refractivity contribution in [3.05, 3.63) is 52.6 Å². The van der Waals surface area contributed by atoms with Crippen LogP contribution >= 0.6 is 11.6 Å². The van der Waals surface area contributed by atoms with Crippen LogP contribution in [0.3, 0.4) is 0 Å². The number of nitrogens with zero attached hydrogens (tertiary/aromatic N) is 4. The highest BCUT2D eigenvalue weighted by atomic mass is 35.5. The lowest BCUT2D eigenvalue weighted by molar-refractivity contribution is -0.119. The fraction of sp³-hybridized carbons (Fsp3) is 0.435. The van der Waals surface area contributed by atoms with Gasteiger partial charge in [-0.2, -0.15) is 10.2 Å². The quantitative estimate of drug-likeness (QED) is 0.483. The second-order valence-electron chi connectivity index (χ2n) is 7.63. The molecule has 0 radical (unpaired) electrons. The molecule has 1 amide bonds. The molecule has 0 aliphatic heterocycles. The number of anilines is 1. The third-order valence-corrected chi connectivity index (χ3v) is 5.59. The maximum absolute atomic E-state index is 12.7. The van der Waals surface area contributed by atoms with Crippen molar-refractivity contribution in [3.63, 3.8) is 0 Å². The summed E-state index contributed by atoms with van der Waals surface area (Å²) in [5.41, 5.74) is 3.29. The monoisotopic (exact) mass is 459 g/mol. The summed E-state index contributed by atoms with van der Waals surface area (Å²) in [6.07, 6.45) is 3.45. The summed E-state index contributed by atoms with van der Waals surface area (Å²) < 4.78 is 14.8. The van der Waals surface area contributed by atoms with Crippen molar-refractivity contribution in [3.8, 4) is 11.5 Å². The Bertz CT molecular complexity index is 1080. The molecular formula is C23H30ClN5O3. The van der Waals surface area contributed by atoms with E-state index in [0.29, 0.717) is 42.8 Å². The van der Waals surface area contributed by atoms with Crippen LogP contribution in [0.2, 0.25) is 5.02 Å². The number of rotatable bonds is 10. The summed E-state index contributed by atoms with van der Waals surface area (Å²) in [6, 6.07) is 5.84. The lowest BCUT2D eigenvalue weighted by Gasteiger charge is -2.13. The molecule has 1 atom stereocenters. The maximum atomic E-state index is 12.7. The molecule has 1 N–H and O–H groups in total. The highest BCUT2D eigenvalue weighted by molar-refractivity contribution is 6.31. The molecule has 0 spiro atoms. The number of halogens is 1. The van der Waals surface area contributed by atoms with E-state index in [2.05, 4.69) is 15.5 Å². The number of hydrogen-bond donors (Lipinski definition) is 1. The first-order valence-corrected chi connectivity index (χ1v) is 11.1. The third-order valence-electron chi connectivity index (χ3n) is 5.04. The zero-order chi connectivity index (χ0) is 23.3. The van der Waals surface area contributed by atoms with Crippen LogP contribution < -0.4 is 14.8 Å². The molecule has 0 fully saturated rings. The Kier molecular flexibility index (Phi) is 7.80. The topological polar surface area (TPSA) is 83.2 Å². The molecule has 1 unspecified atom stereocenters. The van der Waals surface area contributed by atoms with Gasteiger partial charge in [0.2, 0.25) is 5.91 Å². The number of nitrogens with one attached hydrogen (secondary N) is 1. The van der Waals surface area contributed by atoms with Crippen LogP contribution in [0.1, 0.15) is 37.7 Å². The minimum atomic E-state index is -0.285. The predicted molar refractivity (Wildman–Crippen MR) is 125 cm³/mol. The highest BCUT2D eigenvalue weighted by Gasteiger charge is 2.18. The first-order valence-electron chi connectivity index (χ1n) is 10.7. The van der Waals surface area contributed by atoms with E-state index >= 15 is 0 Å². The molecule has 0 aliphatic carbocycles. The van der Waals surface area contributed by atoms with Crippen molar-refractivity contribution in [2.24, 2.45) is 5.92 Å². The van der Waals surface area contributed by atoms with Crippen LogP contribution in [0.15, 0.2) is 30.6 Å². The van der Waals surface area contributed by atoms with Crippen molar-refractivity contribution in [1.82, 2.24) is 19.6 Å². The molecule has 2 heterocycles. The molecule has 3 aromatic rings. The summed E-state index contributed by atoms with van der Waals surface area (Å²) >= 11 is 6.20. The maximum Gasteiger partial charge on any atom is 0.229 e. The lowest BCUT2D eigenvalue weighted by atomic mass is 10.1. The molecule has 9 heteroatoms. The number of benzene rings is 1. The van der Waals surface area contributed by atoms with E-state index in [9.17, 15) is 4.79 Å². The molecule has 2 aromatic heterocycles. The Morgan fingerprint density at radius 2 is 1.91 bits per heavy atom. The Morgan fingerprint density at radius 3 is 2.56 bits per heavy atom. The zero-order valence-corrected chi connectivity index (χ0v) is 19.9. The standard InChI is InChI=1S/C23H30ClN5O3/c1-6-31-20-9-8-18(10-21(20)32-7-2)13-28-14-19(11-25-28)26-23(30)15(3)12-29-17(5)22(24)16(4)27-29/h8-11,14-15H,6-7,12-13H2,1-5H3,(H,26,30). The number of ether oxygens (including phenoxy) is 2. The molecule has 8 nitrogen and oxygen atoms in total. The van der Waals surface area contributed by atoms with Gasteiger partial charge in [0.05, 0.1) is 60.5 Å². The Hall–Kier alpha value is -3.00. The number of amides is 1. The summed E-state index contributed by atoms with van der Waals surface area (Å²) in [7, 11) is 0. The SMILES string of the molecule is CCOc1ccc(Cn2cc(NC(=O)C(C)Cn3nc(C)c(Cl)c3C)cn2)cc1OCC. The Morgan fingerprint density at radius 1 is 1.19 bits per heavy atom. The van der Waals surface area contributed by atoms with Crippen LogP contribution in [0.4, 0.5) is 5.69 Å². The molecule has 3 rings (SSSR count). The van der Waals surface area contributed by atoms with Crippen LogP contribution in [-0.2, 0) is 17.9 Å². The normalized spacial score (nSPS) is 11.9. The molecule has 0 saturated carbocycles. The van der Waals surface area contributed by atoms with Gasteiger partial charge in [-0.3, -0.25) is 14.2 Å². The highest BCUT2D eigenvalue weighted by Crippen LogP contribution is 2.29. The molecule has 32 heavy (non-hydrogen) atoms. The van der Waals surface area contributed by atoms with E-state index in [-0.39, 0.29) is 11.8 Å². The van der Waals surface area contributed by atoms with E-state index in [1.807, 2.05) is 59.0 Å². The first kappa shape index (κ1) is 23.7. The lowest BCUT2D eigenvalue weighted by Crippen LogP contribution is -2.25. The van der Waals surface area contributed by atoms with Gasteiger partial charge in [0, 0.05) is 6.20 Å². The van der Waals surface area contributed by atoms with Crippen molar-refractivity contribution in [1.29, 1.82) is 0 Å². The van der Waals surface area contributed by atoms with E-state index in [4.69, 9.17) is 21.1 Å². The molecule has 172 valence electrons. The molecule has 0 aliphatic rings. The van der Waals surface area contributed by atoms with Crippen molar-refractivity contribution in [2.45, 2.75) is 47.7 Å². The second kappa shape index (κ2) is 10.5. The predicted octanol–water partition coefficient (Wildman–Crippen LogP) is 4.47. The van der Waals surface area contributed by atoms with Crippen LogP contribution in [-0.4, -0.2) is 38.7 Å². The largest absolute Gasteiger partial charge is 0.490 e. The van der Waals surface area contributed by atoms with E-state index in [1.54, 1.807) is 15.6 Å².